The predicted octanol–water partition coefficient (Wildman–Crippen LogP) is 2.75. The summed E-state index contributed by atoms with van der Waals surface area (Å²) in [6.45, 7) is 4.33. The number of amides is 2. The highest BCUT2D eigenvalue weighted by atomic mass is 19.1. The molecule has 2 heterocycles. The second kappa shape index (κ2) is 6.62. The highest BCUT2D eigenvalue weighted by molar-refractivity contribution is 5.89. The number of nitrogens with one attached hydrogen (secondary N) is 1. The minimum absolute atomic E-state index is 0.114. The lowest BCUT2D eigenvalue weighted by molar-refractivity contribution is -0.0950. The molecule has 22 heavy (non-hydrogen) atoms. The molecule has 120 valence electrons. The van der Waals surface area contributed by atoms with E-state index in [1.807, 2.05) is 0 Å². The zero-order chi connectivity index (χ0) is 15.5. The van der Waals surface area contributed by atoms with Crippen molar-refractivity contribution in [2.24, 2.45) is 5.92 Å². The first-order valence-corrected chi connectivity index (χ1v) is 7.69. The van der Waals surface area contributed by atoms with Crippen LogP contribution in [0.25, 0.3) is 0 Å². The lowest BCUT2D eigenvalue weighted by Gasteiger charge is -2.33. The molecule has 0 unspecified atom stereocenters. The molecule has 0 aliphatic carbocycles. The van der Waals surface area contributed by atoms with E-state index in [2.05, 4.69) is 5.32 Å². The summed E-state index contributed by atoms with van der Waals surface area (Å²) in [6.07, 6.45) is 1.61. The van der Waals surface area contributed by atoms with Crippen molar-refractivity contribution in [1.29, 1.82) is 0 Å². The van der Waals surface area contributed by atoms with Crippen LogP contribution in [0.3, 0.4) is 0 Å². The van der Waals surface area contributed by atoms with Crippen molar-refractivity contribution in [2.45, 2.75) is 26.1 Å². The third-order valence-corrected chi connectivity index (χ3v) is 4.28. The Morgan fingerprint density at radius 2 is 1.95 bits per heavy atom. The fourth-order valence-corrected chi connectivity index (χ4v) is 2.90. The van der Waals surface area contributed by atoms with Crippen LogP contribution in [0.5, 0.6) is 0 Å². The molecule has 2 saturated heterocycles. The fraction of sp³-hybridized carbons (Fsp3) is 0.562. The van der Waals surface area contributed by atoms with Gasteiger partial charge in [0.1, 0.15) is 5.82 Å². The van der Waals surface area contributed by atoms with Gasteiger partial charge in [-0.2, -0.15) is 0 Å². The summed E-state index contributed by atoms with van der Waals surface area (Å²) in [5.74, 6) is 0.0374. The number of anilines is 1. The second-order valence-corrected chi connectivity index (χ2v) is 5.83. The Morgan fingerprint density at radius 1 is 1.27 bits per heavy atom. The van der Waals surface area contributed by atoms with E-state index in [0.29, 0.717) is 43.5 Å². The zero-order valence-corrected chi connectivity index (χ0v) is 12.7. The van der Waals surface area contributed by atoms with Crippen LogP contribution in [0.1, 0.15) is 18.4 Å². The molecule has 2 fully saturated rings. The van der Waals surface area contributed by atoms with Crippen LogP contribution in [0.15, 0.2) is 18.2 Å². The first-order chi connectivity index (χ1) is 10.6. The molecular formula is C16H21FN2O3. The van der Waals surface area contributed by atoms with E-state index in [9.17, 15) is 9.18 Å². The Labute approximate surface area is 129 Å². The predicted molar refractivity (Wildman–Crippen MR) is 80.1 cm³/mol. The Kier molecular flexibility index (Phi) is 4.59. The van der Waals surface area contributed by atoms with Crippen molar-refractivity contribution in [3.63, 3.8) is 0 Å². The number of rotatable bonds is 2. The average molecular weight is 308 g/mol. The number of halogens is 1. The molecular weight excluding hydrogens is 287 g/mol. The average Bonchev–Trinajstić information content (AvgIpc) is 3.05. The summed E-state index contributed by atoms with van der Waals surface area (Å²) in [6, 6.07) is 4.53. The van der Waals surface area contributed by atoms with Crippen molar-refractivity contribution < 1.29 is 18.7 Å². The smallest absolute Gasteiger partial charge is 0.321 e. The number of carbonyl (C=O) groups excluding carboxylic acids is 1. The van der Waals surface area contributed by atoms with E-state index in [-0.39, 0.29) is 18.1 Å². The van der Waals surface area contributed by atoms with Gasteiger partial charge >= 0.3 is 6.03 Å². The maximum absolute atomic E-state index is 13.5. The number of hydrogen-bond donors (Lipinski definition) is 1. The maximum atomic E-state index is 13.5. The molecule has 0 saturated carbocycles. The lowest BCUT2D eigenvalue weighted by Crippen LogP contribution is -2.43. The Balaban J connectivity index is 1.52. The molecule has 3 rings (SSSR count). The molecule has 0 spiro atoms. The number of likely N-dealkylation sites (tertiary alicyclic amines) is 1. The van der Waals surface area contributed by atoms with Crippen molar-refractivity contribution in [2.75, 3.05) is 31.6 Å². The Morgan fingerprint density at radius 3 is 2.59 bits per heavy atom. The monoisotopic (exact) mass is 308 g/mol. The molecule has 1 N–H and O–H groups in total. The van der Waals surface area contributed by atoms with Crippen LogP contribution in [-0.4, -0.2) is 43.5 Å². The molecule has 2 aliphatic heterocycles. The highest BCUT2D eigenvalue weighted by Crippen LogP contribution is 2.26. The molecule has 2 aliphatic rings. The van der Waals surface area contributed by atoms with E-state index >= 15 is 0 Å². The minimum Gasteiger partial charge on any atom is -0.350 e. The van der Waals surface area contributed by atoms with Crippen LogP contribution >= 0.6 is 0 Å². The summed E-state index contributed by atoms with van der Waals surface area (Å²) in [5, 5.41) is 2.75. The van der Waals surface area contributed by atoms with Gasteiger partial charge in [0.05, 0.1) is 13.2 Å². The summed E-state index contributed by atoms with van der Waals surface area (Å²) in [4.78, 5) is 14.0. The topological polar surface area (TPSA) is 50.8 Å². The van der Waals surface area contributed by atoms with E-state index in [0.717, 1.165) is 12.8 Å². The van der Waals surface area contributed by atoms with Crippen LogP contribution in [0.4, 0.5) is 14.9 Å². The van der Waals surface area contributed by atoms with E-state index in [1.54, 1.807) is 24.0 Å². The molecule has 1 aromatic carbocycles. The van der Waals surface area contributed by atoms with Gasteiger partial charge in [0.15, 0.2) is 6.29 Å². The molecule has 5 nitrogen and oxygen atoms in total. The molecule has 0 radical (unpaired) electrons. The zero-order valence-electron chi connectivity index (χ0n) is 12.7. The molecule has 2 amide bonds. The number of benzene rings is 1. The molecule has 0 atom stereocenters. The number of nitrogens with zero attached hydrogens (tertiary/aromatic N) is 1. The SMILES string of the molecule is Cc1ccc(NC(=O)N2CCC(C3OCCO3)CC2)cc1F. The van der Waals surface area contributed by atoms with E-state index in [4.69, 9.17) is 9.47 Å². The van der Waals surface area contributed by atoms with Gasteiger partial charge in [0.25, 0.3) is 0 Å². The van der Waals surface area contributed by atoms with Gasteiger partial charge in [-0.1, -0.05) is 6.07 Å². The van der Waals surface area contributed by atoms with Gasteiger partial charge in [0.2, 0.25) is 0 Å². The van der Waals surface area contributed by atoms with Gasteiger partial charge in [-0.3, -0.25) is 0 Å². The van der Waals surface area contributed by atoms with Crippen LogP contribution < -0.4 is 5.32 Å². The van der Waals surface area contributed by atoms with Crippen molar-refractivity contribution in [3.05, 3.63) is 29.6 Å². The maximum Gasteiger partial charge on any atom is 0.321 e. The van der Waals surface area contributed by atoms with Crippen molar-refractivity contribution in [3.8, 4) is 0 Å². The van der Waals surface area contributed by atoms with Gasteiger partial charge in [-0.15, -0.1) is 0 Å². The number of piperidine rings is 1. The van der Waals surface area contributed by atoms with E-state index in [1.165, 1.54) is 6.07 Å². The van der Waals surface area contributed by atoms with Crippen molar-refractivity contribution in [1.82, 2.24) is 4.90 Å². The van der Waals surface area contributed by atoms with Gasteiger partial charge in [-0.05, 0) is 37.5 Å². The first kappa shape index (κ1) is 15.2. The summed E-state index contributed by atoms with van der Waals surface area (Å²) in [5.41, 5.74) is 1.05. The third-order valence-electron chi connectivity index (χ3n) is 4.28. The summed E-state index contributed by atoms with van der Waals surface area (Å²) < 4.78 is 24.6. The standard InChI is InChI=1S/C16H21FN2O3/c1-11-2-3-13(10-14(11)17)18-16(20)19-6-4-12(5-7-19)15-21-8-9-22-15/h2-3,10,12,15H,4-9H2,1H3,(H,18,20). The van der Waals surface area contributed by atoms with Crippen LogP contribution in [-0.2, 0) is 9.47 Å². The summed E-state index contributed by atoms with van der Waals surface area (Å²) in [7, 11) is 0. The molecule has 1 aromatic rings. The number of hydrogen-bond acceptors (Lipinski definition) is 3. The number of aryl methyl sites for hydroxylation is 1. The Bertz CT molecular complexity index is 538. The fourth-order valence-electron chi connectivity index (χ4n) is 2.90. The second-order valence-electron chi connectivity index (χ2n) is 5.83. The van der Waals surface area contributed by atoms with Gasteiger partial charge in [-0.25, -0.2) is 9.18 Å². The molecule has 6 heteroatoms. The van der Waals surface area contributed by atoms with Gasteiger partial charge < -0.3 is 19.7 Å². The van der Waals surface area contributed by atoms with Crippen LogP contribution in [0.2, 0.25) is 0 Å². The quantitative estimate of drug-likeness (QED) is 0.914. The van der Waals surface area contributed by atoms with E-state index < -0.39 is 0 Å². The largest absolute Gasteiger partial charge is 0.350 e. The van der Waals surface area contributed by atoms with Gasteiger partial charge in [0, 0.05) is 24.7 Å². The molecule has 0 aromatic heterocycles. The lowest BCUT2D eigenvalue weighted by atomic mass is 9.96. The number of urea groups is 1. The number of ether oxygens (including phenoxy) is 2. The number of carbonyl (C=O) groups is 1. The minimum atomic E-state index is -0.313. The van der Waals surface area contributed by atoms with Crippen molar-refractivity contribution >= 4 is 11.7 Å². The third kappa shape index (κ3) is 3.39. The van der Waals surface area contributed by atoms with Crippen LogP contribution in [0, 0.1) is 18.7 Å². The molecule has 0 bridgehead atoms. The Hall–Kier alpha value is -1.66. The highest BCUT2D eigenvalue weighted by Gasteiger charge is 2.31. The first-order valence-electron chi connectivity index (χ1n) is 7.69. The summed E-state index contributed by atoms with van der Waals surface area (Å²) >= 11 is 0. The normalized spacial score (nSPS) is 20.4.